The highest BCUT2D eigenvalue weighted by molar-refractivity contribution is 7.92. The fourth-order valence-corrected chi connectivity index (χ4v) is 4.95. The molecule has 1 atom stereocenters. The summed E-state index contributed by atoms with van der Waals surface area (Å²) in [5.74, 6) is 0. The van der Waals surface area contributed by atoms with Crippen LogP contribution in [0.2, 0.25) is 0 Å². The number of fused-ring (bicyclic) bond motifs is 1. The predicted molar refractivity (Wildman–Crippen MR) is 100 cm³/mol. The van der Waals surface area contributed by atoms with Gasteiger partial charge in [0.1, 0.15) is 5.25 Å². The molecule has 0 saturated carbocycles. The quantitative estimate of drug-likeness (QED) is 0.693. The van der Waals surface area contributed by atoms with Crippen LogP contribution in [0, 0.1) is 6.92 Å². The molecular formula is C21H17NO2S. The van der Waals surface area contributed by atoms with Crippen LogP contribution in [0.3, 0.4) is 0 Å². The first-order valence-corrected chi connectivity index (χ1v) is 9.65. The lowest BCUT2D eigenvalue weighted by Crippen LogP contribution is -2.20. The van der Waals surface area contributed by atoms with Gasteiger partial charge in [0.05, 0.1) is 16.3 Å². The molecule has 3 nitrogen and oxygen atoms in total. The smallest absolute Gasteiger partial charge is 0.191 e. The molecule has 0 bridgehead atoms. The molecule has 1 aliphatic heterocycles. The van der Waals surface area contributed by atoms with Crippen LogP contribution in [0.25, 0.3) is 0 Å². The molecule has 0 amide bonds. The Morgan fingerprint density at radius 2 is 1.44 bits per heavy atom. The predicted octanol–water partition coefficient (Wildman–Crippen LogP) is 4.64. The van der Waals surface area contributed by atoms with Crippen molar-refractivity contribution < 1.29 is 8.42 Å². The van der Waals surface area contributed by atoms with Crippen molar-refractivity contribution in [1.29, 1.82) is 0 Å². The molecule has 0 aliphatic carbocycles. The maximum absolute atomic E-state index is 13.4. The molecule has 4 rings (SSSR count). The van der Waals surface area contributed by atoms with Crippen LogP contribution in [0.4, 0.5) is 5.69 Å². The number of hydrogen-bond donors (Lipinski definition) is 0. The number of rotatable bonds is 3. The lowest BCUT2D eigenvalue weighted by molar-refractivity contribution is 0.593. The van der Waals surface area contributed by atoms with Crippen molar-refractivity contribution in [2.45, 2.75) is 17.1 Å². The molecule has 4 heteroatoms. The lowest BCUT2D eigenvalue weighted by atomic mass is 10.0. The van der Waals surface area contributed by atoms with Crippen molar-refractivity contribution in [1.82, 2.24) is 0 Å². The zero-order chi connectivity index (χ0) is 17.4. The maximum Gasteiger partial charge on any atom is 0.191 e. The van der Waals surface area contributed by atoms with E-state index in [0.29, 0.717) is 10.6 Å². The summed E-state index contributed by atoms with van der Waals surface area (Å²) in [6.45, 7) is 1.94. The zero-order valence-corrected chi connectivity index (χ0v) is 14.6. The van der Waals surface area contributed by atoms with Gasteiger partial charge in [-0.3, -0.25) is 4.99 Å². The monoisotopic (exact) mass is 347 g/mol. The summed E-state index contributed by atoms with van der Waals surface area (Å²) in [6.07, 6.45) is 0. The van der Waals surface area contributed by atoms with E-state index < -0.39 is 15.1 Å². The van der Waals surface area contributed by atoms with Gasteiger partial charge >= 0.3 is 0 Å². The number of aliphatic imine (C=N–C) groups is 1. The summed E-state index contributed by atoms with van der Waals surface area (Å²) < 4.78 is 26.8. The van der Waals surface area contributed by atoms with Crippen molar-refractivity contribution in [3.05, 3.63) is 95.6 Å². The van der Waals surface area contributed by atoms with Crippen molar-refractivity contribution >= 4 is 21.2 Å². The Morgan fingerprint density at radius 1 is 0.800 bits per heavy atom. The molecule has 3 aromatic carbocycles. The average Bonchev–Trinajstić information content (AvgIpc) is 3.03. The van der Waals surface area contributed by atoms with Crippen LogP contribution in [0.1, 0.15) is 21.9 Å². The maximum atomic E-state index is 13.4. The highest BCUT2D eigenvalue weighted by Crippen LogP contribution is 2.43. The molecule has 0 spiro atoms. The van der Waals surface area contributed by atoms with Crippen LogP contribution < -0.4 is 0 Å². The van der Waals surface area contributed by atoms with E-state index >= 15 is 0 Å². The average molecular weight is 347 g/mol. The van der Waals surface area contributed by atoms with E-state index in [4.69, 9.17) is 0 Å². The molecule has 3 aromatic rings. The van der Waals surface area contributed by atoms with Gasteiger partial charge in [-0.05, 0) is 30.7 Å². The van der Waals surface area contributed by atoms with Crippen LogP contribution in [0.5, 0.6) is 0 Å². The second-order valence-electron chi connectivity index (χ2n) is 6.16. The summed E-state index contributed by atoms with van der Waals surface area (Å²) >= 11 is 0. The van der Waals surface area contributed by atoms with E-state index in [1.165, 1.54) is 0 Å². The molecule has 0 aromatic heterocycles. The van der Waals surface area contributed by atoms with Crippen molar-refractivity contribution in [2.24, 2.45) is 4.99 Å². The minimum absolute atomic E-state index is 0.323. The van der Waals surface area contributed by atoms with Gasteiger partial charge in [0.15, 0.2) is 9.84 Å². The van der Waals surface area contributed by atoms with Crippen LogP contribution in [-0.2, 0) is 9.84 Å². The summed E-state index contributed by atoms with van der Waals surface area (Å²) in [5.41, 5.74) is 3.91. The third-order valence-electron chi connectivity index (χ3n) is 4.44. The fraction of sp³-hybridized carbons (Fsp3) is 0.0952. The Hall–Kier alpha value is -2.72. The van der Waals surface area contributed by atoms with Crippen LogP contribution >= 0.6 is 0 Å². The number of aryl methyl sites for hydroxylation is 1. The zero-order valence-electron chi connectivity index (χ0n) is 13.8. The lowest BCUT2D eigenvalue weighted by Gasteiger charge is -2.16. The molecule has 1 heterocycles. The normalized spacial score (nSPS) is 16.4. The largest absolute Gasteiger partial charge is 0.251 e. The summed E-state index contributed by atoms with van der Waals surface area (Å²) in [5, 5.41) is -0.784. The van der Waals surface area contributed by atoms with Gasteiger partial charge in [-0.15, -0.1) is 0 Å². The molecule has 0 radical (unpaired) electrons. The van der Waals surface area contributed by atoms with Crippen molar-refractivity contribution in [2.75, 3.05) is 0 Å². The van der Waals surface area contributed by atoms with E-state index in [9.17, 15) is 8.42 Å². The Labute approximate surface area is 147 Å². The van der Waals surface area contributed by atoms with E-state index in [1.54, 1.807) is 12.1 Å². The highest BCUT2D eigenvalue weighted by atomic mass is 32.2. The van der Waals surface area contributed by atoms with Crippen molar-refractivity contribution in [3.63, 3.8) is 0 Å². The molecule has 124 valence electrons. The van der Waals surface area contributed by atoms with Gasteiger partial charge < -0.3 is 0 Å². The Bertz CT molecular complexity index is 1050. The van der Waals surface area contributed by atoms with Gasteiger partial charge in [-0.25, -0.2) is 8.42 Å². The number of benzene rings is 3. The number of hydrogen-bond acceptors (Lipinski definition) is 3. The third-order valence-corrected chi connectivity index (χ3v) is 6.46. The van der Waals surface area contributed by atoms with Gasteiger partial charge in [-0.2, -0.15) is 0 Å². The highest BCUT2D eigenvalue weighted by Gasteiger charge is 2.39. The first-order valence-electron chi connectivity index (χ1n) is 8.11. The summed E-state index contributed by atoms with van der Waals surface area (Å²) in [6, 6.07) is 24.0. The number of para-hydroxylation sites is 1. The second-order valence-corrected chi connectivity index (χ2v) is 8.19. The molecular weight excluding hydrogens is 330 g/mol. The summed E-state index contributed by atoms with van der Waals surface area (Å²) in [4.78, 5) is 4.97. The van der Waals surface area contributed by atoms with Crippen LogP contribution in [-0.4, -0.2) is 14.1 Å². The Balaban J connectivity index is 1.91. The standard InChI is InChI=1S/C21H17NO2S/c1-15-11-13-17(14-12-15)25(23,24)21-18-9-5-6-10-19(18)22-20(21)16-7-3-2-4-8-16/h2-14,21H,1H3. The first kappa shape index (κ1) is 15.8. The van der Waals surface area contributed by atoms with Gasteiger partial charge in [0.2, 0.25) is 0 Å². The van der Waals surface area contributed by atoms with Gasteiger partial charge in [0.25, 0.3) is 0 Å². The molecule has 0 N–H and O–H groups in total. The Kier molecular flexibility index (Phi) is 3.77. The topological polar surface area (TPSA) is 46.5 Å². The number of sulfone groups is 1. The summed E-state index contributed by atoms with van der Waals surface area (Å²) in [7, 11) is -3.60. The van der Waals surface area contributed by atoms with Gasteiger partial charge in [0, 0.05) is 5.56 Å². The molecule has 1 unspecified atom stereocenters. The van der Waals surface area contributed by atoms with Gasteiger partial charge in [-0.1, -0.05) is 66.2 Å². The fourth-order valence-electron chi connectivity index (χ4n) is 3.15. The molecule has 0 fully saturated rings. The second kappa shape index (κ2) is 5.97. The first-order chi connectivity index (χ1) is 12.1. The third kappa shape index (κ3) is 2.68. The van der Waals surface area contributed by atoms with E-state index in [0.717, 1.165) is 22.4 Å². The molecule has 0 saturated heterocycles. The van der Waals surface area contributed by atoms with Crippen LogP contribution in [0.15, 0.2) is 88.8 Å². The van der Waals surface area contributed by atoms with E-state index in [-0.39, 0.29) is 0 Å². The van der Waals surface area contributed by atoms with Crippen molar-refractivity contribution in [3.8, 4) is 0 Å². The minimum Gasteiger partial charge on any atom is -0.251 e. The molecule has 25 heavy (non-hydrogen) atoms. The van der Waals surface area contributed by atoms with E-state index in [1.807, 2.05) is 73.7 Å². The number of nitrogens with zero attached hydrogens (tertiary/aromatic N) is 1. The minimum atomic E-state index is -3.60. The Morgan fingerprint density at radius 3 is 2.16 bits per heavy atom. The van der Waals surface area contributed by atoms with E-state index in [2.05, 4.69) is 4.99 Å². The molecule has 1 aliphatic rings. The SMILES string of the molecule is Cc1ccc(S(=O)(=O)C2C(c3ccccc3)=Nc3ccccc32)cc1.